The van der Waals surface area contributed by atoms with E-state index < -0.39 is 0 Å². The number of piperidine rings is 1. The second-order valence-corrected chi connectivity index (χ2v) is 9.41. The quantitative estimate of drug-likeness (QED) is 0.479. The van der Waals surface area contributed by atoms with E-state index in [1.807, 2.05) is 48.5 Å². The van der Waals surface area contributed by atoms with E-state index in [-0.39, 0.29) is 23.7 Å². The molecule has 1 saturated heterocycles. The summed E-state index contributed by atoms with van der Waals surface area (Å²) in [4.78, 5) is 22.7. The maximum atomic E-state index is 13.7. The molecule has 0 spiro atoms. The highest BCUT2D eigenvalue weighted by molar-refractivity contribution is 5.79. The third kappa shape index (κ3) is 5.53. The maximum absolute atomic E-state index is 13.7. The van der Waals surface area contributed by atoms with Gasteiger partial charge in [-0.05, 0) is 86.7 Å². The largest absolute Gasteiger partial charge is 0.333 e. The highest BCUT2D eigenvalue weighted by Gasteiger charge is 2.33. The molecule has 34 heavy (non-hydrogen) atoms. The summed E-state index contributed by atoms with van der Waals surface area (Å²) >= 11 is 0. The fourth-order valence-corrected chi connectivity index (χ4v) is 4.97. The van der Waals surface area contributed by atoms with Crippen LogP contribution in [0.25, 0.3) is 0 Å². The van der Waals surface area contributed by atoms with E-state index in [2.05, 4.69) is 41.9 Å². The van der Waals surface area contributed by atoms with Crippen molar-refractivity contribution in [2.24, 2.45) is 5.92 Å². The normalized spacial score (nSPS) is 15.8. The molecule has 3 aromatic rings. The van der Waals surface area contributed by atoms with Crippen LogP contribution < -0.4 is 0 Å². The predicted octanol–water partition coefficient (Wildman–Crippen LogP) is 5.34. The number of aryl methyl sites for hydroxylation is 2. The summed E-state index contributed by atoms with van der Waals surface area (Å²) in [6.07, 6.45) is 4.42. The number of pyridine rings is 1. The Hall–Kier alpha value is -3.05. The van der Waals surface area contributed by atoms with Gasteiger partial charge in [0, 0.05) is 25.7 Å². The van der Waals surface area contributed by atoms with E-state index in [9.17, 15) is 9.18 Å². The van der Waals surface area contributed by atoms with Crippen LogP contribution in [0.3, 0.4) is 0 Å². The Bertz CT molecular complexity index is 1060. The number of rotatable bonds is 7. The third-order valence-electron chi connectivity index (χ3n) is 7.09. The van der Waals surface area contributed by atoms with Crippen molar-refractivity contribution in [2.45, 2.75) is 39.2 Å². The Labute approximate surface area is 202 Å². The second kappa shape index (κ2) is 10.9. The summed E-state index contributed by atoms with van der Waals surface area (Å²) in [7, 11) is 1.93. The Balaban J connectivity index is 1.43. The molecule has 0 radical (unpaired) electrons. The topological polar surface area (TPSA) is 36.4 Å². The first-order valence-corrected chi connectivity index (χ1v) is 12.1. The van der Waals surface area contributed by atoms with Gasteiger partial charge in [-0.3, -0.25) is 9.78 Å². The molecule has 1 amide bonds. The van der Waals surface area contributed by atoms with Gasteiger partial charge in [-0.1, -0.05) is 42.5 Å². The minimum atomic E-state index is -0.202. The molecule has 2 aromatic carbocycles. The van der Waals surface area contributed by atoms with Gasteiger partial charge in [0.1, 0.15) is 5.82 Å². The van der Waals surface area contributed by atoms with Gasteiger partial charge in [0.25, 0.3) is 0 Å². The van der Waals surface area contributed by atoms with E-state index in [1.54, 1.807) is 0 Å². The predicted molar refractivity (Wildman–Crippen MR) is 134 cm³/mol. The van der Waals surface area contributed by atoms with Crippen LogP contribution in [-0.2, 0) is 11.2 Å². The first-order chi connectivity index (χ1) is 16.4. The van der Waals surface area contributed by atoms with E-state index in [0.29, 0.717) is 0 Å². The van der Waals surface area contributed by atoms with E-state index >= 15 is 0 Å². The number of amides is 1. The van der Waals surface area contributed by atoms with Crippen molar-refractivity contribution in [3.63, 3.8) is 0 Å². The number of carbonyl (C=O) groups is 1. The number of hydrogen-bond acceptors (Lipinski definition) is 3. The van der Waals surface area contributed by atoms with Crippen molar-refractivity contribution in [1.29, 1.82) is 0 Å². The van der Waals surface area contributed by atoms with Crippen LogP contribution >= 0.6 is 0 Å². The smallest absolute Gasteiger partial charge is 0.226 e. The van der Waals surface area contributed by atoms with Crippen molar-refractivity contribution in [3.05, 3.63) is 101 Å². The fourth-order valence-electron chi connectivity index (χ4n) is 4.97. The van der Waals surface area contributed by atoms with E-state index in [0.717, 1.165) is 66.8 Å². The van der Waals surface area contributed by atoms with E-state index in [4.69, 9.17) is 0 Å². The summed E-state index contributed by atoms with van der Waals surface area (Å²) < 4.78 is 13.1. The van der Waals surface area contributed by atoms with Gasteiger partial charge in [-0.15, -0.1) is 0 Å². The SMILES string of the molecule is Cc1ccccc1C(c1ncccc1C)N(C)C(=O)C1CCN(CCc2ccc(F)cc2)CC1. The van der Waals surface area contributed by atoms with E-state index in [1.165, 1.54) is 12.1 Å². The molecule has 2 heterocycles. The Kier molecular flexibility index (Phi) is 7.73. The lowest BCUT2D eigenvalue weighted by Gasteiger charge is -2.36. The molecule has 178 valence electrons. The second-order valence-electron chi connectivity index (χ2n) is 9.41. The minimum absolute atomic E-state index is 0.0163. The number of hydrogen-bond donors (Lipinski definition) is 0. The van der Waals surface area contributed by atoms with Crippen molar-refractivity contribution in [2.75, 3.05) is 26.7 Å². The standard InChI is InChI=1S/C29H34FN3O/c1-21-7-4-5-9-26(21)28(27-22(2)8-6-17-31-27)32(3)29(34)24-15-19-33(20-16-24)18-14-23-10-12-25(30)13-11-23/h4-13,17,24,28H,14-16,18-20H2,1-3H3. The summed E-state index contributed by atoms with van der Waals surface area (Å²) in [5.41, 5.74) is 5.45. The van der Waals surface area contributed by atoms with Gasteiger partial charge in [0.15, 0.2) is 0 Å². The van der Waals surface area contributed by atoms with Gasteiger partial charge in [-0.25, -0.2) is 4.39 Å². The number of aromatic nitrogens is 1. The number of benzene rings is 2. The van der Waals surface area contributed by atoms with Crippen molar-refractivity contribution >= 4 is 5.91 Å². The molecule has 1 atom stereocenters. The summed E-state index contributed by atoms with van der Waals surface area (Å²) in [5, 5.41) is 0. The Morgan fingerprint density at radius 3 is 2.38 bits per heavy atom. The molecule has 5 heteroatoms. The van der Waals surface area contributed by atoms with Crippen LogP contribution in [0, 0.1) is 25.6 Å². The molecule has 1 aromatic heterocycles. The number of likely N-dealkylation sites (tertiary alicyclic amines) is 1. The zero-order valence-electron chi connectivity index (χ0n) is 20.4. The van der Waals surface area contributed by atoms with Crippen LogP contribution in [-0.4, -0.2) is 47.4 Å². The summed E-state index contributed by atoms with van der Waals surface area (Å²) in [5.74, 6) is 0.0104. The van der Waals surface area contributed by atoms with Gasteiger partial charge in [0.2, 0.25) is 5.91 Å². The molecule has 0 bridgehead atoms. The minimum Gasteiger partial charge on any atom is -0.333 e. The first-order valence-electron chi connectivity index (χ1n) is 12.1. The maximum Gasteiger partial charge on any atom is 0.226 e. The average Bonchev–Trinajstić information content (AvgIpc) is 2.86. The molecule has 4 nitrogen and oxygen atoms in total. The third-order valence-corrected chi connectivity index (χ3v) is 7.09. The van der Waals surface area contributed by atoms with Crippen molar-refractivity contribution in [3.8, 4) is 0 Å². The zero-order valence-corrected chi connectivity index (χ0v) is 20.4. The van der Waals surface area contributed by atoms with Crippen LogP contribution in [0.2, 0.25) is 0 Å². The van der Waals surface area contributed by atoms with Crippen LogP contribution in [0.4, 0.5) is 4.39 Å². The highest BCUT2D eigenvalue weighted by Crippen LogP contribution is 2.33. The molecule has 0 N–H and O–H groups in total. The lowest BCUT2D eigenvalue weighted by molar-refractivity contribution is -0.137. The molecular formula is C29H34FN3O. The van der Waals surface area contributed by atoms with Gasteiger partial charge in [0.05, 0.1) is 11.7 Å². The number of halogens is 1. The van der Waals surface area contributed by atoms with Crippen LogP contribution in [0.5, 0.6) is 0 Å². The summed E-state index contributed by atoms with van der Waals surface area (Å²) in [6.45, 7) is 6.90. The molecule has 1 aliphatic rings. The first kappa shape index (κ1) is 24.1. The Morgan fingerprint density at radius 1 is 1.03 bits per heavy atom. The molecular weight excluding hydrogens is 425 g/mol. The number of nitrogens with zero attached hydrogens (tertiary/aromatic N) is 3. The molecule has 0 aliphatic carbocycles. The monoisotopic (exact) mass is 459 g/mol. The summed E-state index contributed by atoms with van der Waals surface area (Å²) in [6, 6.07) is 18.8. The van der Waals surface area contributed by atoms with Gasteiger partial charge in [-0.2, -0.15) is 0 Å². The molecule has 1 unspecified atom stereocenters. The lowest BCUT2D eigenvalue weighted by Crippen LogP contribution is -2.43. The average molecular weight is 460 g/mol. The zero-order chi connectivity index (χ0) is 24.1. The highest BCUT2D eigenvalue weighted by atomic mass is 19.1. The van der Waals surface area contributed by atoms with Gasteiger partial charge >= 0.3 is 0 Å². The molecule has 4 rings (SSSR count). The lowest BCUT2D eigenvalue weighted by atomic mass is 9.91. The molecule has 1 fully saturated rings. The van der Waals surface area contributed by atoms with Gasteiger partial charge < -0.3 is 9.80 Å². The van der Waals surface area contributed by atoms with Crippen molar-refractivity contribution in [1.82, 2.24) is 14.8 Å². The molecule has 0 saturated carbocycles. The fraction of sp³-hybridized carbons (Fsp3) is 0.379. The number of carbonyl (C=O) groups excluding carboxylic acids is 1. The van der Waals surface area contributed by atoms with Crippen molar-refractivity contribution < 1.29 is 9.18 Å². The van der Waals surface area contributed by atoms with Crippen LogP contribution in [0.1, 0.15) is 46.8 Å². The Morgan fingerprint density at radius 2 is 1.71 bits per heavy atom. The molecule has 1 aliphatic heterocycles. The van der Waals surface area contributed by atoms with Crippen LogP contribution in [0.15, 0.2) is 66.9 Å².